The van der Waals surface area contributed by atoms with E-state index in [1.54, 1.807) is 0 Å². The number of nitrogens with one attached hydrogen (secondary N) is 1. The third-order valence-corrected chi connectivity index (χ3v) is 3.43. The third-order valence-electron chi connectivity index (χ3n) is 3.43. The summed E-state index contributed by atoms with van der Waals surface area (Å²) in [7, 11) is 0. The summed E-state index contributed by atoms with van der Waals surface area (Å²) in [6.45, 7) is 13.4. The molecule has 1 aromatic heterocycles. The van der Waals surface area contributed by atoms with Crippen LogP contribution in [-0.2, 0) is 12.0 Å². The molecule has 1 aromatic rings. The molecule has 0 aliphatic heterocycles. The molecular weight excluding hydrogens is 222 g/mol. The van der Waals surface area contributed by atoms with Crippen molar-refractivity contribution >= 4 is 0 Å². The molecule has 0 saturated carbocycles. The molecule has 0 bridgehead atoms. The van der Waals surface area contributed by atoms with Gasteiger partial charge in [0.2, 0.25) is 0 Å². The van der Waals surface area contributed by atoms with Crippen LogP contribution in [-0.4, -0.2) is 22.4 Å². The molecule has 1 N–H and O–H groups in total. The highest BCUT2D eigenvalue weighted by Crippen LogP contribution is 2.28. The lowest BCUT2D eigenvalue weighted by Gasteiger charge is -2.27. The van der Waals surface area contributed by atoms with Crippen LogP contribution in [0, 0.1) is 0 Å². The lowest BCUT2D eigenvalue weighted by atomic mass is 9.81. The van der Waals surface area contributed by atoms with Crippen LogP contribution in [0.1, 0.15) is 59.4 Å². The number of hydrogen-bond donors (Lipinski definition) is 1. The summed E-state index contributed by atoms with van der Waals surface area (Å²) in [5.74, 6) is 0. The van der Waals surface area contributed by atoms with Gasteiger partial charge in [-0.05, 0) is 43.7 Å². The van der Waals surface area contributed by atoms with Crippen LogP contribution >= 0.6 is 0 Å². The molecular formula is C15H29N3. The highest BCUT2D eigenvalue weighted by Gasteiger charge is 2.24. The monoisotopic (exact) mass is 251 g/mol. The minimum atomic E-state index is 0.187. The zero-order chi connectivity index (χ0) is 13.6. The molecule has 0 aliphatic carbocycles. The molecule has 0 aliphatic rings. The molecule has 0 aromatic carbocycles. The van der Waals surface area contributed by atoms with Gasteiger partial charge in [-0.1, -0.05) is 27.7 Å². The molecule has 1 unspecified atom stereocenters. The lowest BCUT2D eigenvalue weighted by Crippen LogP contribution is -2.33. The molecule has 3 heteroatoms. The van der Waals surface area contributed by atoms with Crippen molar-refractivity contribution in [3.63, 3.8) is 0 Å². The first-order valence-corrected chi connectivity index (χ1v) is 7.26. The van der Waals surface area contributed by atoms with Gasteiger partial charge in [-0.3, -0.25) is 4.68 Å². The summed E-state index contributed by atoms with van der Waals surface area (Å²) >= 11 is 0. The highest BCUT2D eigenvalue weighted by atomic mass is 15.3. The fourth-order valence-corrected chi connectivity index (χ4v) is 2.41. The standard InChI is InChI=1S/C15H29N3/c1-6-8-16-13(3)10-15(4,5)14-11-17-18(12-14)9-7-2/h11-13,16H,6-10H2,1-5H3. The van der Waals surface area contributed by atoms with E-state index in [4.69, 9.17) is 0 Å². The third kappa shape index (κ3) is 4.45. The zero-order valence-electron chi connectivity index (χ0n) is 12.7. The Bertz CT molecular complexity index is 341. The lowest BCUT2D eigenvalue weighted by molar-refractivity contribution is 0.389. The van der Waals surface area contributed by atoms with E-state index in [0.29, 0.717) is 6.04 Å². The van der Waals surface area contributed by atoms with Crippen LogP contribution in [0.15, 0.2) is 12.4 Å². The Kier molecular flexibility index (Phi) is 5.86. The van der Waals surface area contributed by atoms with Gasteiger partial charge in [0.05, 0.1) is 6.20 Å². The summed E-state index contributed by atoms with van der Waals surface area (Å²) in [6, 6.07) is 0.550. The van der Waals surface area contributed by atoms with E-state index in [0.717, 1.165) is 25.9 Å². The Labute approximate surface area is 112 Å². The van der Waals surface area contributed by atoms with E-state index in [2.05, 4.69) is 55.9 Å². The van der Waals surface area contributed by atoms with Crippen molar-refractivity contribution < 1.29 is 0 Å². The first-order valence-electron chi connectivity index (χ1n) is 7.26. The molecule has 3 nitrogen and oxygen atoms in total. The van der Waals surface area contributed by atoms with E-state index in [9.17, 15) is 0 Å². The van der Waals surface area contributed by atoms with E-state index >= 15 is 0 Å². The molecule has 0 fully saturated rings. The summed E-state index contributed by atoms with van der Waals surface area (Å²) in [5, 5.41) is 8.00. The molecule has 1 heterocycles. The van der Waals surface area contributed by atoms with Gasteiger partial charge in [0.15, 0.2) is 0 Å². The Morgan fingerprint density at radius 3 is 2.67 bits per heavy atom. The van der Waals surface area contributed by atoms with E-state index < -0.39 is 0 Å². The number of aryl methyl sites for hydroxylation is 1. The normalized spacial score (nSPS) is 13.8. The quantitative estimate of drug-likeness (QED) is 0.768. The Balaban J connectivity index is 2.60. The molecule has 0 radical (unpaired) electrons. The Morgan fingerprint density at radius 1 is 1.33 bits per heavy atom. The Morgan fingerprint density at radius 2 is 2.06 bits per heavy atom. The van der Waals surface area contributed by atoms with Crippen molar-refractivity contribution in [2.75, 3.05) is 6.54 Å². The maximum absolute atomic E-state index is 4.44. The summed E-state index contributed by atoms with van der Waals surface area (Å²) < 4.78 is 2.06. The number of nitrogens with zero attached hydrogens (tertiary/aromatic N) is 2. The molecule has 1 atom stereocenters. The maximum Gasteiger partial charge on any atom is 0.0527 e. The van der Waals surface area contributed by atoms with Crippen molar-refractivity contribution in [1.82, 2.24) is 15.1 Å². The largest absolute Gasteiger partial charge is 0.314 e. The van der Waals surface area contributed by atoms with E-state index in [-0.39, 0.29) is 5.41 Å². The van der Waals surface area contributed by atoms with Crippen LogP contribution in [0.2, 0.25) is 0 Å². The zero-order valence-corrected chi connectivity index (χ0v) is 12.7. The number of hydrogen-bond acceptors (Lipinski definition) is 2. The highest BCUT2D eigenvalue weighted by molar-refractivity contribution is 5.17. The average Bonchev–Trinajstić information content (AvgIpc) is 2.75. The van der Waals surface area contributed by atoms with E-state index in [1.165, 1.54) is 12.0 Å². The van der Waals surface area contributed by atoms with E-state index in [1.807, 2.05) is 6.20 Å². The average molecular weight is 251 g/mol. The minimum absolute atomic E-state index is 0.187. The number of rotatable bonds is 8. The molecule has 1 rings (SSSR count). The van der Waals surface area contributed by atoms with Crippen LogP contribution in [0.3, 0.4) is 0 Å². The molecule has 0 spiro atoms. The van der Waals surface area contributed by atoms with Gasteiger partial charge in [-0.15, -0.1) is 0 Å². The smallest absolute Gasteiger partial charge is 0.0527 e. The predicted octanol–water partition coefficient (Wildman–Crippen LogP) is 3.35. The van der Waals surface area contributed by atoms with Crippen molar-refractivity contribution in [2.45, 2.75) is 71.9 Å². The van der Waals surface area contributed by atoms with Gasteiger partial charge in [0.1, 0.15) is 0 Å². The van der Waals surface area contributed by atoms with Gasteiger partial charge in [0, 0.05) is 18.8 Å². The van der Waals surface area contributed by atoms with Crippen LogP contribution in [0.25, 0.3) is 0 Å². The molecule has 0 saturated heterocycles. The second kappa shape index (κ2) is 6.93. The van der Waals surface area contributed by atoms with Crippen LogP contribution in [0.4, 0.5) is 0 Å². The topological polar surface area (TPSA) is 29.9 Å². The number of aromatic nitrogens is 2. The second-order valence-corrected chi connectivity index (χ2v) is 5.94. The summed E-state index contributed by atoms with van der Waals surface area (Å²) in [5.41, 5.74) is 1.53. The van der Waals surface area contributed by atoms with Crippen molar-refractivity contribution in [3.05, 3.63) is 18.0 Å². The first kappa shape index (κ1) is 15.2. The Hall–Kier alpha value is -0.830. The van der Waals surface area contributed by atoms with Crippen LogP contribution < -0.4 is 5.32 Å². The van der Waals surface area contributed by atoms with Crippen LogP contribution in [0.5, 0.6) is 0 Å². The maximum atomic E-state index is 4.44. The molecule has 104 valence electrons. The second-order valence-electron chi connectivity index (χ2n) is 5.94. The fraction of sp³-hybridized carbons (Fsp3) is 0.800. The first-order chi connectivity index (χ1) is 8.49. The van der Waals surface area contributed by atoms with Gasteiger partial charge >= 0.3 is 0 Å². The molecule has 0 amide bonds. The predicted molar refractivity (Wildman–Crippen MR) is 77.9 cm³/mol. The van der Waals surface area contributed by atoms with Gasteiger partial charge in [0.25, 0.3) is 0 Å². The summed E-state index contributed by atoms with van der Waals surface area (Å²) in [4.78, 5) is 0. The SMILES string of the molecule is CCCNC(C)CC(C)(C)c1cnn(CCC)c1. The van der Waals surface area contributed by atoms with Crippen molar-refractivity contribution in [2.24, 2.45) is 0 Å². The van der Waals surface area contributed by atoms with Gasteiger partial charge < -0.3 is 5.32 Å². The van der Waals surface area contributed by atoms with Gasteiger partial charge in [-0.2, -0.15) is 5.10 Å². The minimum Gasteiger partial charge on any atom is -0.314 e. The summed E-state index contributed by atoms with van der Waals surface area (Å²) in [6.07, 6.45) is 7.71. The molecule has 18 heavy (non-hydrogen) atoms. The van der Waals surface area contributed by atoms with Crippen molar-refractivity contribution in [3.8, 4) is 0 Å². The van der Waals surface area contributed by atoms with Crippen molar-refractivity contribution in [1.29, 1.82) is 0 Å². The fourth-order valence-electron chi connectivity index (χ4n) is 2.41. The van der Waals surface area contributed by atoms with Gasteiger partial charge in [-0.25, -0.2) is 0 Å².